The first-order valence-corrected chi connectivity index (χ1v) is 7.60. The molecule has 1 atom stereocenters. The van der Waals surface area contributed by atoms with Crippen LogP contribution in [0.3, 0.4) is 0 Å². The van der Waals surface area contributed by atoms with E-state index in [2.05, 4.69) is 14.9 Å². The number of hydrogen-bond donors (Lipinski definition) is 2. The zero-order valence-electron chi connectivity index (χ0n) is 13.6. The van der Waals surface area contributed by atoms with Crippen molar-refractivity contribution in [3.8, 4) is 0 Å². The fraction of sp³-hybridized carbons (Fsp3) is 0.533. The monoisotopic (exact) mass is 320 g/mol. The van der Waals surface area contributed by atoms with E-state index in [1.165, 1.54) is 0 Å². The Morgan fingerprint density at radius 3 is 2.13 bits per heavy atom. The number of rotatable bonds is 9. The van der Waals surface area contributed by atoms with Crippen molar-refractivity contribution in [2.45, 2.75) is 32.0 Å². The molecule has 126 valence electrons. The van der Waals surface area contributed by atoms with Crippen molar-refractivity contribution in [1.29, 1.82) is 0 Å². The summed E-state index contributed by atoms with van der Waals surface area (Å²) in [5, 5.41) is 8.87. The van der Waals surface area contributed by atoms with Crippen molar-refractivity contribution in [3.05, 3.63) is 36.4 Å². The topological polar surface area (TPSA) is 102 Å². The van der Waals surface area contributed by atoms with Crippen molar-refractivity contribution in [2.75, 3.05) is 6.54 Å². The van der Waals surface area contributed by atoms with E-state index >= 15 is 0 Å². The number of carbonyl (C=O) groups is 1. The van der Waals surface area contributed by atoms with Gasteiger partial charge in [0, 0.05) is 38.9 Å². The van der Waals surface area contributed by atoms with Crippen LogP contribution in [0.4, 0.5) is 0 Å². The van der Waals surface area contributed by atoms with Crippen LogP contribution in [0.5, 0.6) is 0 Å². The molecule has 2 heterocycles. The van der Waals surface area contributed by atoms with E-state index < -0.39 is 12.0 Å². The molecule has 2 aromatic rings. The number of carboxylic acid groups (broad SMARTS) is 1. The predicted octanol–water partition coefficient (Wildman–Crippen LogP) is 0.348. The molecule has 23 heavy (non-hydrogen) atoms. The molecule has 2 rings (SSSR count). The lowest BCUT2D eigenvalue weighted by Gasteiger charge is -2.22. The molecular formula is C15H24N6O2. The van der Waals surface area contributed by atoms with Gasteiger partial charge in [0.1, 0.15) is 17.7 Å². The maximum absolute atomic E-state index is 10.8. The molecule has 8 heteroatoms. The van der Waals surface area contributed by atoms with Gasteiger partial charge in [-0.2, -0.15) is 0 Å². The van der Waals surface area contributed by atoms with Crippen LogP contribution < -0.4 is 5.73 Å². The normalized spacial score (nSPS) is 12.7. The number of nitrogens with zero attached hydrogens (tertiary/aromatic N) is 5. The van der Waals surface area contributed by atoms with Crippen molar-refractivity contribution in [1.82, 2.24) is 24.0 Å². The summed E-state index contributed by atoms with van der Waals surface area (Å²) in [5.74, 6) is 0.966. The Morgan fingerprint density at radius 2 is 1.74 bits per heavy atom. The molecule has 0 fully saturated rings. The van der Waals surface area contributed by atoms with Gasteiger partial charge < -0.3 is 20.0 Å². The molecule has 1 unspecified atom stereocenters. The van der Waals surface area contributed by atoms with Gasteiger partial charge in [0.2, 0.25) is 0 Å². The van der Waals surface area contributed by atoms with Gasteiger partial charge in [-0.15, -0.1) is 0 Å². The fourth-order valence-corrected chi connectivity index (χ4v) is 2.37. The average molecular weight is 320 g/mol. The molecule has 0 aliphatic heterocycles. The van der Waals surface area contributed by atoms with E-state index in [9.17, 15) is 4.79 Å². The van der Waals surface area contributed by atoms with Gasteiger partial charge in [-0.25, -0.2) is 9.97 Å². The van der Waals surface area contributed by atoms with Gasteiger partial charge in [0.25, 0.3) is 0 Å². The Labute approximate surface area is 135 Å². The highest BCUT2D eigenvalue weighted by Crippen LogP contribution is 2.09. The lowest BCUT2D eigenvalue weighted by molar-refractivity contribution is -0.138. The first kappa shape index (κ1) is 17.2. The Balaban J connectivity index is 1.97. The van der Waals surface area contributed by atoms with Gasteiger partial charge in [-0.3, -0.25) is 9.69 Å². The number of carboxylic acids is 1. The van der Waals surface area contributed by atoms with Crippen LogP contribution in [0.15, 0.2) is 24.8 Å². The highest BCUT2D eigenvalue weighted by Gasteiger charge is 2.15. The van der Waals surface area contributed by atoms with E-state index in [4.69, 9.17) is 10.8 Å². The summed E-state index contributed by atoms with van der Waals surface area (Å²) in [5.41, 5.74) is 5.57. The Bertz CT molecular complexity index is 593. The molecule has 0 spiro atoms. The zero-order chi connectivity index (χ0) is 16.8. The van der Waals surface area contributed by atoms with Crippen LogP contribution >= 0.6 is 0 Å². The maximum atomic E-state index is 10.8. The summed E-state index contributed by atoms with van der Waals surface area (Å²) in [7, 11) is 3.92. The smallest absolute Gasteiger partial charge is 0.320 e. The molecule has 0 amide bonds. The minimum absolute atomic E-state index is 0.451. The minimum Gasteiger partial charge on any atom is -0.480 e. The van der Waals surface area contributed by atoms with Crippen LogP contribution in [0.1, 0.15) is 24.5 Å². The summed E-state index contributed by atoms with van der Waals surface area (Å²) in [6, 6.07) is -0.807. The summed E-state index contributed by atoms with van der Waals surface area (Å²) < 4.78 is 3.96. The number of aromatic nitrogens is 4. The van der Waals surface area contributed by atoms with E-state index in [0.717, 1.165) is 18.2 Å². The third-order valence-electron chi connectivity index (χ3n) is 3.88. The van der Waals surface area contributed by atoms with Crippen molar-refractivity contribution >= 4 is 5.97 Å². The Kier molecular flexibility index (Phi) is 5.89. The molecule has 0 saturated carbocycles. The second kappa shape index (κ2) is 7.89. The number of aryl methyl sites for hydroxylation is 2. The van der Waals surface area contributed by atoms with Crippen LogP contribution in [-0.4, -0.2) is 47.7 Å². The first-order chi connectivity index (χ1) is 11.0. The lowest BCUT2D eigenvalue weighted by Crippen LogP contribution is -2.32. The third kappa shape index (κ3) is 4.90. The molecule has 2 aromatic heterocycles. The number of imidazole rings is 2. The van der Waals surface area contributed by atoms with Crippen molar-refractivity contribution in [2.24, 2.45) is 19.8 Å². The molecule has 3 N–H and O–H groups in total. The van der Waals surface area contributed by atoms with Gasteiger partial charge in [-0.05, 0) is 19.4 Å². The van der Waals surface area contributed by atoms with E-state index in [0.29, 0.717) is 25.9 Å². The average Bonchev–Trinajstić information content (AvgIpc) is 3.08. The standard InChI is InChI=1S/C15H24N6O2/c1-19-8-5-17-13(19)10-21(7-3-4-12(16)15(22)23)11-14-18-6-9-20(14)2/h5-6,8-9,12H,3-4,7,10-11,16H2,1-2H3,(H,22,23). The highest BCUT2D eigenvalue weighted by molar-refractivity contribution is 5.72. The maximum Gasteiger partial charge on any atom is 0.320 e. The fourth-order valence-electron chi connectivity index (χ4n) is 2.37. The van der Waals surface area contributed by atoms with Gasteiger partial charge in [0.15, 0.2) is 0 Å². The van der Waals surface area contributed by atoms with E-state index in [1.807, 2.05) is 35.6 Å². The molecule has 0 radical (unpaired) electrons. The van der Waals surface area contributed by atoms with Crippen LogP contribution in [-0.2, 0) is 32.0 Å². The predicted molar refractivity (Wildman–Crippen MR) is 85.4 cm³/mol. The minimum atomic E-state index is -0.954. The van der Waals surface area contributed by atoms with E-state index in [1.54, 1.807) is 12.4 Å². The quantitative estimate of drug-likeness (QED) is 0.691. The summed E-state index contributed by atoms with van der Waals surface area (Å²) in [6.07, 6.45) is 8.53. The van der Waals surface area contributed by atoms with Crippen LogP contribution in [0.25, 0.3) is 0 Å². The number of hydrogen-bond acceptors (Lipinski definition) is 5. The zero-order valence-corrected chi connectivity index (χ0v) is 13.6. The summed E-state index contributed by atoms with van der Waals surface area (Å²) >= 11 is 0. The Morgan fingerprint density at radius 1 is 1.22 bits per heavy atom. The largest absolute Gasteiger partial charge is 0.480 e. The molecule has 0 aliphatic rings. The van der Waals surface area contributed by atoms with Crippen LogP contribution in [0, 0.1) is 0 Å². The second-order valence-electron chi connectivity index (χ2n) is 5.71. The lowest BCUT2D eigenvalue weighted by atomic mass is 10.1. The first-order valence-electron chi connectivity index (χ1n) is 7.60. The van der Waals surface area contributed by atoms with Gasteiger partial charge >= 0.3 is 5.97 Å². The summed E-state index contributed by atoms with van der Waals surface area (Å²) in [6.45, 7) is 2.10. The van der Waals surface area contributed by atoms with Crippen LogP contribution in [0.2, 0.25) is 0 Å². The van der Waals surface area contributed by atoms with E-state index in [-0.39, 0.29) is 0 Å². The van der Waals surface area contributed by atoms with Gasteiger partial charge in [0.05, 0.1) is 13.1 Å². The third-order valence-corrected chi connectivity index (χ3v) is 3.88. The summed E-state index contributed by atoms with van der Waals surface area (Å²) in [4.78, 5) is 21.7. The molecular weight excluding hydrogens is 296 g/mol. The van der Waals surface area contributed by atoms with Crippen molar-refractivity contribution < 1.29 is 9.90 Å². The second-order valence-corrected chi connectivity index (χ2v) is 5.71. The highest BCUT2D eigenvalue weighted by atomic mass is 16.4. The SMILES string of the molecule is Cn1ccnc1CN(CCCC(N)C(=O)O)Cc1nccn1C. The number of nitrogens with two attached hydrogens (primary N) is 1. The van der Waals surface area contributed by atoms with Gasteiger partial charge in [-0.1, -0.05) is 0 Å². The van der Waals surface area contributed by atoms with Crippen molar-refractivity contribution in [3.63, 3.8) is 0 Å². The molecule has 8 nitrogen and oxygen atoms in total. The Hall–Kier alpha value is -2.19. The number of aliphatic carboxylic acids is 1. The molecule has 0 saturated heterocycles. The molecule has 0 aliphatic carbocycles. The molecule has 0 aromatic carbocycles. The molecule has 0 bridgehead atoms.